The summed E-state index contributed by atoms with van der Waals surface area (Å²) in [5.41, 5.74) is 1.30. The molecule has 1 nitrogen and oxygen atoms in total. The lowest BCUT2D eigenvalue weighted by Crippen LogP contribution is -2.19. The Morgan fingerprint density at radius 2 is 2.00 bits per heavy atom. The third-order valence-electron chi connectivity index (χ3n) is 2.46. The summed E-state index contributed by atoms with van der Waals surface area (Å²) in [7, 11) is 0. The topological polar surface area (TPSA) is 9.23 Å². The van der Waals surface area contributed by atoms with E-state index in [1.807, 2.05) is 0 Å². The number of benzene rings is 1. The molecule has 1 saturated heterocycles. The van der Waals surface area contributed by atoms with E-state index in [0.29, 0.717) is 6.10 Å². The van der Waals surface area contributed by atoms with Crippen LogP contribution in [0.2, 0.25) is 0 Å². The summed E-state index contributed by atoms with van der Waals surface area (Å²) in [6.07, 6.45) is 2.63. The largest absolute Gasteiger partial charge is 0.373 e. The molecule has 0 aliphatic carbocycles. The molecule has 1 aliphatic rings. The Hall–Kier alpha value is 0.390. The van der Waals surface area contributed by atoms with Crippen LogP contribution in [-0.4, -0.2) is 10.5 Å². The van der Waals surface area contributed by atoms with Gasteiger partial charge in [-0.05, 0) is 30.5 Å². The van der Waals surface area contributed by atoms with Crippen molar-refractivity contribution in [1.29, 1.82) is 0 Å². The van der Waals surface area contributed by atoms with Gasteiger partial charge in [0, 0.05) is 15.0 Å². The van der Waals surface area contributed by atoms with E-state index in [0.717, 1.165) is 21.4 Å². The van der Waals surface area contributed by atoms with E-state index in [9.17, 15) is 0 Å². The number of rotatable bonds is 1. The Bertz CT molecular complexity index is 299. The maximum atomic E-state index is 5.75. The molecule has 1 aromatic rings. The van der Waals surface area contributed by atoms with Gasteiger partial charge < -0.3 is 4.74 Å². The first-order valence-corrected chi connectivity index (χ1v) is 6.80. The minimum Gasteiger partial charge on any atom is -0.373 e. The SMILES string of the molecule is Brc1ccc(C2CC(I)CCO2)cc1. The Balaban J connectivity index is 2.10. The average molecular weight is 367 g/mol. The molecule has 0 spiro atoms. The third-order valence-corrected chi connectivity index (χ3v) is 4.12. The van der Waals surface area contributed by atoms with Crippen LogP contribution < -0.4 is 0 Å². The number of alkyl halides is 1. The van der Waals surface area contributed by atoms with Crippen molar-refractivity contribution >= 4 is 38.5 Å². The minimum absolute atomic E-state index is 0.304. The van der Waals surface area contributed by atoms with Crippen LogP contribution in [0.4, 0.5) is 0 Å². The first-order valence-electron chi connectivity index (χ1n) is 4.77. The fourth-order valence-electron chi connectivity index (χ4n) is 1.67. The van der Waals surface area contributed by atoms with Crippen molar-refractivity contribution in [3.63, 3.8) is 0 Å². The molecular formula is C11H12BrIO. The zero-order valence-corrected chi connectivity index (χ0v) is 11.5. The molecule has 0 bridgehead atoms. The Morgan fingerprint density at radius 3 is 2.64 bits per heavy atom. The Labute approximate surface area is 106 Å². The van der Waals surface area contributed by atoms with E-state index < -0.39 is 0 Å². The van der Waals surface area contributed by atoms with E-state index in [2.05, 4.69) is 62.8 Å². The predicted molar refractivity (Wildman–Crippen MR) is 69.9 cm³/mol. The molecule has 3 heteroatoms. The highest BCUT2D eigenvalue weighted by Gasteiger charge is 2.21. The van der Waals surface area contributed by atoms with Gasteiger partial charge in [-0.3, -0.25) is 0 Å². The Morgan fingerprint density at radius 1 is 1.29 bits per heavy atom. The monoisotopic (exact) mass is 366 g/mol. The minimum atomic E-state index is 0.304. The summed E-state index contributed by atoms with van der Waals surface area (Å²) < 4.78 is 7.64. The molecule has 1 aromatic carbocycles. The van der Waals surface area contributed by atoms with Crippen molar-refractivity contribution in [3.05, 3.63) is 34.3 Å². The Kier molecular flexibility index (Phi) is 3.85. The van der Waals surface area contributed by atoms with E-state index in [1.165, 1.54) is 12.0 Å². The van der Waals surface area contributed by atoms with Gasteiger partial charge in [-0.2, -0.15) is 0 Å². The van der Waals surface area contributed by atoms with Crippen LogP contribution in [0.5, 0.6) is 0 Å². The number of hydrogen-bond acceptors (Lipinski definition) is 1. The van der Waals surface area contributed by atoms with Crippen molar-refractivity contribution in [1.82, 2.24) is 0 Å². The van der Waals surface area contributed by atoms with Crippen molar-refractivity contribution in [2.24, 2.45) is 0 Å². The standard InChI is InChI=1S/C11H12BrIO/c12-9-3-1-8(2-4-9)11-7-10(13)5-6-14-11/h1-4,10-11H,5-7H2. The first kappa shape index (κ1) is 10.9. The van der Waals surface area contributed by atoms with Crippen molar-refractivity contribution in [2.45, 2.75) is 22.9 Å². The lowest BCUT2D eigenvalue weighted by Gasteiger charge is -2.26. The first-order chi connectivity index (χ1) is 6.75. The molecular weight excluding hydrogens is 355 g/mol. The van der Waals surface area contributed by atoms with Crippen molar-refractivity contribution in [2.75, 3.05) is 6.61 Å². The molecule has 0 saturated carbocycles. The van der Waals surface area contributed by atoms with Crippen molar-refractivity contribution < 1.29 is 4.74 Å². The molecule has 2 unspecified atom stereocenters. The zero-order chi connectivity index (χ0) is 9.97. The van der Waals surface area contributed by atoms with E-state index in [-0.39, 0.29) is 0 Å². The second-order valence-corrected chi connectivity index (χ2v) is 6.21. The third kappa shape index (κ3) is 2.70. The fourth-order valence-corrected chi connectivity index (χ4v) is 2.65. The molecule has 0 N–H and O–H groups in total. The van der Waals surface area contributed by atoms with Gasteiger partial charge in [-0.1, -0.05) is 50.7 Å². The predicted octanol–water partition coefficient (Wildman–Crippen LogP) is 4.10. The lowest BCUT2D eigenvalue weighted by molar-refractivity contribution is 0.0199. The molecule has 1 heterocycles. The molecule has 2 rings (SSSR count). The van der Waals surface area contributed by atoms with Crippen LogP contribution in [-0.2, 0) is 4.74 Å². The van der Waals surface area contributed by atoms with Gasteiger partial charge in [0.15, 0.2) is 0 Å². The van der Waals surface area contributed by atoms with Gasteiger partial charge in [0.2, 0.25) is 0 Å². The highest BCUT2D eigenvalue weighted by atomic mass is 127. The summed E-state index contributed by atoms with van der Waals surface area (Å²) in [5.74, 6) is 0. The van der Waals surface area contributed by atoms with Crippen LogP contribution >= 0.6 is 38.5 Å². The number of ether oxygens (including phenoxy) is 1. The van der Waals surface area contributed by atoms with E-state index >= 15 is 0 Å². The van der Waals surface area contributed by atoms with Crippen LogP contribution in [0.25, 0.3) is 0 Å². The molecule has 14 heavy (non-hydrogen) atoms. The normalized spacial score (nSPS) is 27.6. The van der Waals surface area contributed by atoms with Gasteiger partial charge in [-0.15, -0.1) is 0 Å². The second-order valence-electron chi connectivity index (χ2n) is 3.53. The summed E-state index contributed by atoms with van der Waals surface area (Å²) >= 11 is 5.96. The lowest BCUT2D eigenvalue weighted by atomic mass is 10.0. The summed E-state index contributed by atoms with van der Waals surface area (Å²) in [6.45, 7) is 0.897. The second kappa shape index (κ2) is 4.94. The van der Waals surface area contributed by atoms with Gasteiger partial charge in [-0.25, -0.2) is 0 Å². The van der Waals surface area contributed by atoms with Gasteiger partial charge >= 0.3 is 0 Å². The molecule has 1 aliphatic heterocycles. The van der Waals surface area contributed by atoms with Crippen LogP contribution in [0, 0.1) is 0 Å². The highest BCUT2D eigenvalue weighted by molar-refractivity contribution is 14.1. The van der Waals surface area contributed by atoms with E-state index in [4.69, 9.17) is 4.74 Å². The maximum Gasteiger partial charge on any atom is 0.0834 e. The average Bonchev–Trinajstić information content (AvgIpc) is 2.19. The van der Waals surface area contributed by atoms with E-state index in [1.54, 1.807) is 0 Å². The fraction of sp³-hybridized carbons (Fsp3) is 0.455. The van der Waals surface area contributed by atoms with Crippen LogP contribution in [0.15, 0.2) is 28.7 Å². The van der Waals surface area contributed by atoms with Gasteiger partial charge in [0.1, 0.15) is 0 Å². The molecule has 0 radical (unpaired) electrons. The molecule has 0 aromatic heterocycles. The summed E-state index contributed by atoms with van der Waals surface area (Å²) in [5, 5.41) is 0. The highest BCUT2D eigenvalue weighted by Crippen LogP contribution is 2.32. The number of hydrogen-bond donors (Lipinski definition) is 0. The van der Waals surface area contributed by atoms with Gasteiger partial charge in [0.05, 0.1) is 6.10 Å². The molecule has 0 amide bonds. The van der Waals surface area contributed by atoms with Gasteiger partial charge in [0.25, 0.3) is 0 Å². The molecule has 2 atom stereocenters. The maximum absolute atomic E-state index is 5.75. The summed E-state index contributed by atoms with van der Waals surface area (Å²) in [4.78, 5) is 0. The zero-order valence-electron chi connectivity index (χ0n) is 7.75. The summed E-state index contributed by atoms with van der Waals surface area (Å²) in [6, 6.07) is 8.44. The van der Waals surface area contributed by atoms with Crippen LogP contribution in [0.1, 0.15) is 24.5 Å². The quantitative estimate of drug-likeness (QED) is 0.537. The number of halogens is 2. The smallest absolute Gasteiger partial charge is 0.0834 e. The van der Waals surface area contributed by atoms with Crippen molar-refractivity contribution in [3.8, 4) is 0 Å². The molecule has 1 fully saturated rings. The molecule has 76 valence electrons. The van der Waals surface area contributed by atoms with Crippen LogP contribution in [0.3, 0.4) is 0 Å².